The maximum absolute atomic E-state index is 13.9. The van der Waals surface area contributed by atoms with Crippen LogP contribution in [0.2, 0.25) is 0 Å². The van der Waals surface area contributed by atoms with Crippen molar-refractivity contribution in [2.45, 2.75) is 46.2 Å². The summed E-state index contributed by atoms with van der Waals surface area (Å²) in [5.74, 6) is 1.12. The van der Waals surface area contributed by atoms with Crippen LogP contribution in [0.4, 0.5) is 9.18 Å². The van der Waals surface area contributed by atoms with Gasteiger partial charge in [-0.15, -0.1) is 0 Å². The van der Waals surface area contributed by atoms with Crippen molar-refractivity contribution in [1.82, 2.24) is 24.6 Å². The van der Waals surface area contributed by atoms with Gasteiger partial charge in [-0.2, -0.15) is 5.10 Å². The van der Waals surface area contributed by atoms with Gasteiger partial charge in [0.2, 0.25) is 0 Å². The predicted molar refractivity (Wildman–Crippen MR) is 139 cm³/mol. The Kier molecular flexibility index (Phi) is 6.63. The first-order chi connectivity index (χ1) is 17.5. The van der Waals surface area contributed by atoms with Gasteiger partial charge in [-0.05, 0) is 60.7 Å². The Bertz CT molecular complexity index is 1340. The van der Waals surface area contributed by atoms with Gasteiger partial charge >= 0.3 is 6.03 Å². The number of benzene rings is 2. The Hall–Kier alpha value is -3.87. The monoisotopic (exact) mass is 485 g/mol. The zero-order valence-corrected chi connectivity index (χ0v) is 21.0. The first kappa shape index (κ1) is 23.9. The molecule has 36 heavy (non-hydrogen) atoms. The molecule has 1 N–H and O–H groups in total. The van der Waals surface area contributed by atoms with Crippen molar-refractivity contribution in [2.24, 2.45) is 5.92 Å². The third kappa shape index (κ3) is 4.41. The van der Waals surface area contributed by atoms with E-state index in [1.54, 1.807) is 12.1 Å². The molecular weight excluding hydrogens is 453 g/mol. The summed E-state index contributed by atoms with van der Waals surface area (Å²) in [6, 6.07) is 20.0. The maximum atomic E-state index is 13.9. The molecule has 4 aromatic rings. The number of hydrogen-bond donors (Lipinski definition) is 1. The number of carbonyl (C=O) groups excluding carboxylic acids is 1. The summed E-state index contributed by atoms with van der Waals surface area (Å²) in [6.45, 7) is 7.36. The number of rotatable bonds is 6. The number of fused-ring (bicyclic) bond motifs is 3. The molecule has 2 amide bonds. The molecule has 0 spiro atoms. The smallest absolute Gasteiger partial charge is 0.318 e. The largest absolute Gasteiger partial charge is 0.338 e. The third-order valence-electron chi connectivity index (χ3n) is 6.75. The molecule has 1 atom stereocenters. The standard InChI is InChI=1S/C29H32FN5O/c1-4-25-24-19-34(29(36)31-17-16-20(2)3)27(21-12-14-22(30)15-13-21)26-11-8-18-33(26)28(24)35(32-25)23-9-6-5-7-10-23/h5-15,18,20,27H,4,16-17,19H2,1-3H3,(H,31,36). The van der Waals surface area contributed by atoms with Crippen molar-refractivity contribution in [3.05, 3.63) is 101 Å². The number of urea groups is 1. The molecule has 1 aliphatic rings. The Labute approximate surface area is 211 Å². The van der Waals surface area contributed by atoms with E-state index in [0.717, 1.165) is 46.9 Å². The van der Waals surface area contributed by atoms with E-state index in [1.807, 2.05) is 58.2 Å². The van der Waals surface area contributed by atoms with E-state index in [2.05, 4.69) is 30.7 Å². The Balaban J connectivity index is 1.68. The van der Waals surface area contributed by atoms with Crippen molar-refractivity contribution < 1.29 is 9.18 Å². The fraction of sp³-hybridized carbons (Fsp3) is 0.310. The number of nitrogens with zero attached hydrogens (tertiary/aromatic N) is 4. The highest BCUT2D eigenvalue weighted by atomic mass is 19.1. The van der Waals surface area contributed by atoms with E-state index in [1.165, 1.54) is 12.1 Å². The lowest BCUT2D eigenvalue weighted by molar-refractivity contribution is 0.180. The van der Waals surface area contributed by atoms with Gasteiger partial charge < -0.3 is 14.8 Å². The number of para-hydroxylation sites is 1. The molecule has 7 heteroatoms. The second-order valence-corrected chi connectivity index (χ2v) is 9.65. The zero-order valence-electron chi connectivity index (χ0n) is 21.0. The van der Waals surface area contributed by atoms with Crippen molar-refractivity contribution >= 4 is 6.03 Å². The highest BCUT2D eigenvalue weighted by molar-refractivity contribution is 5.76. The van der Waals surface area contributed by atoms with Crippen molar-refractivity contribution in [2.75, 3.05) is 6.54 Å². The molecule has 2 aromatic carbocycles. The molecule has 186 valence electrons. The second-order valence-electron chi connectivity index (χ2n) is 9.65. The van der Waals surface area contributed by atoms with Gasteiger partial charge in [0.05, 0.1) is 29.7 Å². The quantitative estimate of drug-likeness (QED) is 0.363. The minimum Gasteiger partial charge on any atom is -0.338 e. The van der Waals surface area contributed by atoms with E-state index in [-0.39, 0.29) is 17.9 Å². The zero-order chi connectivity index (χ0) is 25.2. The molecule has 3 heterocycles. The van der Waals surface area contributed by atoms with Crippen molar-refractivity contribution in [3.8, 4) is 11.5 Å². The molecule has 1 aliphatic heterocycles. The summed E-state index contributed by atoms with van der Waals surface area (Å²) in [4.78, 5) is 15.6. The highest BCUT2D eigenvalue weighted by Gasteiger charge is 2.36. The molecule has 6 nitrogen and oxygen atoms in total. The number of aryl methyl sites for hydroxylation is 1. The minimum absolute atomic E-state index is 0.139. The minimum atomic E-state index is -0.388. The normalized spacial score (nSPS) is 14.9. The summed E-state index contributed by atoms with van der Waals surface area (Å²) in [6.07, 6.45) is 3.66. The summed E-state index contributed by atoms with van der Waals surface area (Å²) >= 11 is 0. The third-order valence-corrected chi connectivity index (χ3v) is 6.75. The van der Waals surface area contributed by atoms with Crippen molar-refractivity contribution in [1.29, 1.82) is 0 Å². The van der Waals surface area contributed by atoms with Gasteiger partial charge in [0.1, 0.15) is 11.6 Å². The van der Waals surface area contributed by atoms with Crippen LogP contribution in [0.5, 0.6) is 0 Å². The number of nitrogens with one attached hydrogen (secondary N) is 1. The second kappa shape index (κ2) is 10.0. The topological polar surface area (TPSA) is 55.1 Å². The molecule has 2 aromatic heterocycles. The van der Waals surface area contributed by atoms with E-state index in [0.29, 0.717) is 19.0 Å². The van der Waals surface area contributed by atoms with Crippen LogP contribution >= 0.6 is 0 Å². The average Bonchev–Trinajstić information content (AvgIpc) is 3.46. The molecule has 0 fully saturated rings. The van der Waals surface area contributed by atoms with Crippen LogP contribution in [0.1, 0.15) is 55.7 Å². The van der Waals surface area contributed by atoms with Gasteiger partial charge in [-0.3, -0.25) is 0 Å². The Morgan fingerprint density at radius 1 is 1.08 bits per heavy atom. The van der Waals surface area contributed by atoms with Crippen LogP contribution in [0.3, 0.4) is 0 Å². The summed E-state index contributed by atoms with van der Waals surface area (Å²) in [7, 11) is 0. The lowest BCUT2D eigenvalue weighted by atomic mass is 10.0. The molecule has 0 bridgehead atoms. The number of amides is 2. The van der Waals surface area contributed by atoms with Gasteiger partial charge in [-0.1, -0.05) is 51.1 Å². The molecule has 1 unspecified atom stereocenters. The summed E-state index contributed by atoms with van der Waals surface area (Å²) in [5, 5.41) is 8.11. The van der Waals surface area contributed by atoms with E-state index < -0.39 is 0 Å². The van der Waals surface area contributed by atoms with Crippen LogP contribution in [0.25, 0.3) is 11.5 Å². The Morgan fingerprint density at radius 3 is 2.53 bits per heavy atom. The molecule has 5 rings (SSSR count). The fourth-order valence-electron chi connectivity index (χ4n) is 4.91. The average molecular weight is 486 g/mol. The molecule has 0 radical (unpaired) electrons. The van der Waals surface area contributed by atoms with Gasteiger partial charge in [-0.25, -0.2) is 13.9 Å². The van der Waals surface area contributed by atoms with Gasteiger partial charge in [0.25, 0.3) is 0 Å². The molecular formula is C29H32FN5O. The van der Waals surface area contributed by atoms with Gasteiger partial charge in [0.15, 0.2) is 0 Å². The number of halogens is 1. The van der Waals surface area contributed by atoms with Crippen LogP contribution in [-0.4, -0.2) is 31.8 Å². The van der Waals surface area contributed by atoms with E-state index in [9.17, 15) is 9.18 Å². The number of hydrogen-bond acceptors (Lipinski definition) is 2. The molecule has 0 saturated heterocycles. The first-order valence-corrected chi connectivity index (χ1v) is 12.6. The van der Waals surface area contributed by atoms with E-state index in [4.69, 9.17) is 5.10 Å². The predicted octanol–water partition coefficient (Wildman–Crippen LogP) is 6.03. The molecule has 0 aliphatic carbocycles. The SMILES string of the molecule is CCc1nn(-c2ccccc2)c2c1CN(C(=O)NCCC(C)C)C(c1ccc(F)cc1)c1cccn1-2. The number of carbonyl (C=O) groups is 1. The van der Waals surface area contributed by atoms with Crippen LogP contribution in [0.15, 0.2) is 72.9 Å². The first-order valence-electron chi connectivity index (χ1n) is 12.6. The highest BCUT2D eigenvalue weighted by Crippen LogP contribution is 2.38. The van der Waals surface area contributed by atoms with Gasteiger partial charge in [0, 0.05) is 18.3 Å². The summed E-state index contributed by atoms with van der Waals surface area (Å²) in [5.41, 5.74) is 4.72. The maximum Gasteiger partial charge on any atom is 0.318 e. The fourth-order valence-corrected chi connectivity index (χ4v) is 4.91. The summed E-state index contributed by atoms with van der Waals surface area (Å²) < 4.78 is 18.0. The van der Waals surface area contributed by atoms with Crippen LogP contribution in [-0.2, 0) is 13.0 Å². The van der Waals surface area contributed by atoms with Crippen LogP contribution < -0.4 is 5.32 Å². The lowest BCUT2D eigenvalue weighted by Crippen LogP contribution is -2.42. The lowest BCUT2D eigenvalue weighted by Gasteiger charge is -2.31. The molecule has 0 saturated carbocycles. The number of aromatic nitrogens is 3. The van der Waals surface area contributed by atoms with Crippen LogP contribution in [0, 0.1) is 11.7 Å². The van der Waals surface area contributed by atoms with Crippen molar-refractivity contribution in [3.63, 3.8) is 0 Å². The Morgan fingerprint density at radius 2 is 1.83 bits per heavy atom. The van der Waals surface area contributed by atoms with E-state index >= 15 is 0 Å².